The smallest absolute Gasteiger partial charge is 0.418 e. The SMILES string of the molecule is CCOC(=O)n1cc(C2=CCN(C(=O)OC(C)(C)C)CC2)c2cc(-c3nccs3)ccc21. The highest BCUT2D eigenvalue weighted by Gasteiger charge is 2.25. The summed E-state index contributed by atoms with van der Waals surface area (Å²) in [6.45, 7) is 8.70. The summed E-state index contributed by atoms with van der Waals surface area (Å²) in [5.41, 5.74) is 3.32. The van der Waals surface area contributed by atoms with E-state index in [-0.39, 0.29) is 6.09 Å². The summed E-state index contributed by atoms with van der Waals surface area (Å²) < 4.78 is 12.3. The van der Waals surface area contributed by atoms with Crippen molar-refractivity contribution in [3.05, 3.63) is 47.6 Å². The highest BCUT2D eigenvalue weighted by atomic mass is 32.1. The van der Waals surface area contributed by atoms with Crippen LogP contribution >= 0.6 is 11.3 Å². The molecule has 1 aliphatic heterocycles. The third-order valence-electron chi connectivity index (χ3n) is 5.16. The lowest BCUT2D eigenvalue weighted by molar-refractivity contribution is 0.0270. The Bertz CT molecular complexity index is 1170. The van der Waals surface area contributed by atoms with Gasteiger partial charge < -0.3 is 14.4 Å². The minimum atomic E-state index is -0.527. The first-order chi connectivity index (χ1) is 15.3. The number of carbonyl (C=O) groups excluding carboxylic acids is 2. The molecule has 0 aliphatic carbocycles. The van der Waals surface area contributed by atoms with Crippen LogP contribution in [0.1, 0.15) is 39.7 Å². The van der Waals surface area contributed by atoms with Crippen molar-refractivity contribution in [1.29, 1.82) is 0 Å². The second-order valence-corrected chi connectivity index (χ2v) is 9.48. The van der Waals surface area contributed by atoms with Gasteiger partial charge in [-0.1, -0.05) is 6.08 Å². The third-order valence-corrected chi connectivity index (χ3v) is 5.98. The van der Waals surface area contributed by atoms with E-state index in [1.807, 2.05) is 50.6 Å². The Kier molecular flexibility index (Phi) is 6.06. The Morgan fingerprint density at radius 1 is 1.22 bits per heavy atom. The van der Waals surface area contributed by atoms with Crippen molar-refractivity contribution in [2.45, 2.75) is 39.7 Å². The average Bonchev–Trinajstić information content (AvgIpc) is 3.41. The second kappa shape index (κ2) is 8.78. The van der Waals surface area contributed by atoms with Gasteiger partial charge in [-0.2, -0.15) is 0 Å². The third kappa shape index (κ3) is 4.55. The zero-order valence-corrected chi connectivity index (χ0v) is 19.6. The molecule has 0 saturated carbocycles. The van der Waals surface area contributed by atoms with Crippen LogP contribution in [-0.2, 0) is 9.47 Å². The van der Waals surface area contributed by atoms with E-state index in [4.69, 9.17) is 9.47 Å². The van der Waals surface area contributed by atoms with Crippen LogP contribution in [0, 0.1) is 0 Å². The van der Waals surface area contributed by atoms with Crippen LogP contribution in [0.4, 0.5) is 9.59 Å². The number of benzene rings is 1. The molecular formula is C24H27N3O4S. The summed E-state index contributed by atoms with van der Waals surface area (Å²) in [4.78, 5) is 31.1. The minimum absolute atomic E-state index is 0.304. The first-order valence-electron chi connectivity index (χ1n) is 10.7. The molecule has 0 spiro atoms. The lowest BCUT2D eigenvalue weighted by Gasteiger charge is -2.29. The minimum Gasteiger partial charge on any atom is -0.449 e. The van der Waals surface area contributed by atoms with Crippen LogP contribution in [-0.4, -0.2) is 51.9 Å². The number of hydrogen-bond donors (Lipinski definition) is 0. The van der Waals surface area contributed by atoms with Crippen molar-refractivity contribution in [2.24, 2.45) is 0 Å². The first-order valence-corrected chi connectivity index (χ1v) is 11.5. The van der Waals surface area contributed by atoms with Gasteiger partial charge in [-0.15, -0.1) is 11.3 Å². The lowest BCUT2D eigenvalue weighted by atomic mass is 9.98. The number of aromatic nitrogens is 2. The molecule has 3 heterocycles. The summed E-state index contributed by atoms with van der Waals surface area (Å²) >= 11 is 1.57. The molecule has 1 aromatic carbocycles. The number of rotatable bonds is 3. The number of thiazole rings is 1. The Morgan fingerprint density at radius 2 is 2.03 bits per heavy atom. The molecule has 0 fully saturated rings. The molecule has 0 radical (unpaired) electrons. The second-order valence-electron chi connectivity index (χ2n) is 8.59. The monoisotopic (exact) mass is 453 g/mol. The van der Waals surface area contributed by atoms with Gasteiger partial charge in [-0.3, -0.25) is 4.57 Å². The standard InChI is InChI=1S/C24H27N3O4S/c1-5-30-23(29)27-15-19(16-8-11-26(12-9-16)22(28)31-24(2,3)4)18-14-17(6-7-20(18)27)21-25-10-13-32-21/h6-8,10,13-15H,5,9,11-12H2,1-4H3. The van der Waals surface area contributed by atoms with E-state index < -0.39 is 11.7 Å². The number of carbonyl (C=O) groups is 2. The molecule has 0 bridgehead atoms. The molecule has 1 aliphatic rings. The summed E-state index contributed by atoms with van der Waals surface area (Å²) in [6.07, 6.45) is 5.61. The average molecular weight is 454 g/mol. The van der Waals surface area contributed by atoms with Gasteiger partial charge in [0.25, 0.3) is 0 Å². The molecule has 2 aromatic heterocycles. The maximum Gasteiger partial charge on any atom is 0.418 e. The number of amides is 1. The van der Waals surface area contributed by atoms with Crippen molar-refractivity contribution in [3.8, 4) is 10.6 Å². The summed E-state index contributed by atoms with van der Waals surface area (Å²) in [5, 5.41) is 3.83. The number of hydrogen-bond acceptors (Lipinski definition) is 6. The van der Waals surface area contributed by atoms with E-state index in [0.29, 0.717) is 26.1 Å². The number of nitrogens with zero attached hydrogens (tertiary/aromatic N) is 3. The quantitative estimate of drug-likeness (QED) is 0.502. The highest BCUT2D eigenvalue weighted by Crippen LogP contribution is 2.34. The van der Waals surface area contributed by atoms with Gasteiger partial charge in [-0.05, 0) is 57.9 Å². The van der Waals surface area contributed by atoms with E-state index in [9.17, 15) is 9.59 Å². The zero-order valence-electron chi connectivity index (χ0n) is 18.8. The van der Waals surface area contributed by atoms with Crippen molar-refractivity contribution in [1.82, 2.24) is 14.5 Å². The van der Waals surface area contributed by atoms with Gasteiger partial charge >= 0.3 is 12.2 Å². The van der Waals surface area contributed by atoms with Crippen LogP contribution in [0.3, 0.4) is 0 Å². The van der Waals surface area contributed by atoms with Crippen LogP contribution in [0.5, 0.6) is 0 Å². The van der Waals surface area contributed by atoms with Gasteiger partial charge in [0.05, 0.1) is 12.1 Å². The maximum atomic E-state index is 12.6. The predicted octanol–water partition coefficient (Wildman–Crippen LogP) is 5.79. The fourth-order valence-corrected chi connectivity index (χ4v) is 4.37. The van der Waals surface area contributed by atoms with E-state index >= 15 is 0 Å². The molecule has 4 rings (SSSR count). The highest BCUT2D eigenvalue weighted by molar-refractivity contribution is 7.13. The van der Waals surface area contributed by atoms with E-state index in [1.54, 1.807) is 33.9 Å². The fourth-order valence-electron chi connectivity index (χ4n) is 3.74. The molecule has 32 heavy (non-hydrogen) atoms. The largest absolute Gasteiger partial charge is 0.449 e. The number of ether oxygens (including phenoxy) is 2. The van der Waals surface area contributed by atoms with Crippen molar-refractivity contribution in [3.63, 3.8) is 0 Å². The molecule has 0 unspecified atom stereocenters. The van der Waals surface area contributed by atoms with Gasteiger partial charge in [-0.25, -0.2) is 14.6 Å². The molecule has 0 N–H and O–H groups in total. The lowest BCUT2D eigenvalue weighted by Crippen LogP contribution is -2.39. The Hall–Kier alpha value is -3.13. The van der Waals surface area contributed by atoms with Crippen molar-refractivity contribution in [2.75, 3.05) is 19.7 Å². The Balaban J connectivity index is 1.70. The van der Waals surface area contributed by atoms with E-state index in [2.05, 4.69) is 11.1 Å². The van der Waals surface area contributed by atoms with Gasteiger partial charge in [0.2, 0.25) is 0 Å². The van der Waals surface area contributed by atoms with Crippen LogP contribution < -0.4 is 0 Å². The summed E-state index contributed by atoms with van der Waals surface area (Å²) in [6, 6.07) is 5.98. The molecule has 0 saturated heterocycles. The topological polar surface area (TPSA) is 73.7 Å². The Morgan fingerprint density at radius 3 is 2.66 bits per heavy atom. The van der Waals surface area contributed by atoms with Gasteiger partial charge in [0, 0.05) is 47.4 Å². The van der Waals surface area contributed by atoms with E-state index in [0.717, 1.165) is 32.6 Å². The normalized spacial score (nSPS) is 14.4. The summed E-state index contributed by atoms with van der Waals surface area (Å²) in [7, 11) is 0. The number of fused-ring (bicyclic) bond motifs is 1. The summed E-state index contributed by atoms with van der Waals surface area (Å²) in [5.74, 6) is 0. The molecule has 7 nitrogen and oxygen atoms in total. The Labute approximate surface area is 191 Å². The molecule has 1 amide bonds. The molecule has 3 aromatic rings. The molecule has 8 heteroatoms. The first kappa shape index (κ1) is 22.1. The molecule has 0 atom stereocenters. The van der Waals surface area contributed by atoms with Gasteiger partial charge in [0.15, 0.2) is 0 Å². The molecular weight excluding hydrogens is 426 g/mol. The maximum absolute atomic E-state index is 12.6. The van der Waals surface area contributed by atoms with E-state index in [1.165, 1.54) is 0 Å². The van der Waals surface area contributed by atoms with Crippen LogP contribution in [0.15, 0.2) is 42.0 Å². The van der Waals surface area contributed by atoms with Gasteiger partial charge in [0.1, 0.15) is 10.6 Å². The van der Waals surface area contributed by atoms with Crippen molar-refractivity contribution < 1.29 is 19.1 Å². The van der Waals surface area contributed by atoms with Crippen molar-refractivity contribution >= 4 is 40.0 Å². The molecule has 168 valence electrons. The van der Waals surface area contributed by atoms with Crippen LogP contribution in [0.25, 0.3) is 27.0 Å². The zero-order chi connectivity index (χ0) is 22.9. The fraction of sp³-hybridized carbons (Fsp3) is 0.375. The van der Waals surface area contributed by atoms with Crippen LogP contribution in [0.2, 0.25) is 0 Å². The predicted molar refractivity (Wildman–Crippen MR) is 126 cm³/mol.